The first kappa shape index (κ1) is 16.2. The second-order valence-electron chi connectivity index (χ2n) is 4.90. The number of nitrogens with one attached hydrogen (secondary N) is 1. The van der Waals surface area contributed by atoms with Crippen LogP contribution in [-0.2, 0) is 4.79 Å². The predicted octanol–water partition coefficient (Wildman–Crippen LogP) is 4.07. The Balaban J connectivity index is 1.93. The molecule has 22 heavy (non-hydrogen) atoms. The van der Waals surface area contributed by atoms with Crippen molar-refractivity contribution < 1.29 is 14.0 Å². The third kappa shape index (κ3) is 4.43. The van der Waals surface area contributed by atoms with Gasteiger partial charge in [-0.3, -0.25) is 9.59 Å². The summed E-state index contributed by atoms with van der Waals surface area (Å²) in [6, 6.07) is 11.7. The van der Waals surface area contributed by atoms with Gasteiger partial charge in [0.1, 0.15) is 5.82 Å². The molecule has 3 nitrogen and oxygen atoms in total. The van der Waals surface area contributed by atoms with E-state index in [1.165, 1.54) is 19.1 Å². The van der Waals surface area contributed by atoms with Crippen molar-refractivity contribution in [1.82, 2.24) is 0 Å². The Bertz CT molecular complexity index is 698. The number of carbonyl (C=O) groups is 2. The molecule has 1 N–H and O–H groups in total. The highest BCUT2D eigenvalue weighted by atomic mass is 32.2. The molecular formula is C17H16FNO2S. The second-order valence-corrected chi connectivity index (χ2v) is 5.92. The van der Waals surface area contributed by atoms with Gasteiger partial charge in [-0.15, -0.1) is 11.8 Å². The van der Waals surface area contributed by atoms with Crippen LogP contribution >= 0.6 is 11.8 Å². The summed E-state index contributed by atoms with van der Waals surface area (Å²) in [5.41, 5.74) is 2.15. The van der Waals surface area contributed by atoms with E-state index in [0.717, 1.165) is 17.3 Å². The van der Waals surface area contributed by atoms with Crippen LogP contribution in [0.15, 0.2) is 47.4 Å². The lowest BCUT2D eigenvalue weighted by Gasteiger charge is -2.07. The molecule has 2 aromatic rings. The van der Waals surface area contributed by atoms with Crippen LogP contribution in [0.5, 0.6) is 0 Å². The zero-order valence-corrected chi connectivity index (χ0v) is 13.2. The summed E-state index contributed by atoms with van der Waals surface area (Å²) in [5.74, 6) is -0.776. The molecule has 5 heteroatoms. The topological polar surface area (TPSA) is 46.2 Å². The Morgan fingerprint density at radius 2 is 1.82 bits per heavy atom. The molecule has 0 fully saturated rings. The Kier molecular flexibility index (Phi) is 5.33. The number of thioether (sulfide) groups is 1. The minimum absolute atomic E-state index is 0.101. The van der Waals surface area contributed by atoms with Gasteiger partial charge < -0.3 is 5.32 Å². The standard InChI is InChI=1S/C17H16FNO2S/c1-11-3-6-14(7-4-11)19-17(21)10-22-16-8-5-13(12(2)20)9-15(16)18/h3-9H,10H2,1-2H3,(H,19,21). The molecule has 0 aromatic heterocycles. The average molecular weight is 317 g/mol. The van der Waals surface area contributed by atoms with Crippen molar-refractivity contribution in [3.63, 3.8) is 0 Å². The number of rotatable bonds is 5. The third-order valence-corrected chi connectivity index (χ3v) is 4.08. The highest BCUT2D eigenvalue weighted by Crippen LogP contribution is 2.23. The smallest absolute Gasteiger partial charge is 0.234 e. The van der Waals surface area contributed by atoms with Gasteiger partial charge in [0.05, 0.1) is 5.75 Å². The number of Topliss-reactive ketones (excluding diaryl/α,β-unsaturated/α-hetero) is 1. The van der Waals surface area contributed by atoms with E-state index in [-0.39, 0.29) is 17.4 Å². The van der Waals surface area contributed by atoms with E-state index in [2.05, 4.69) is 5.32 Å². The fraction of sp³-hybridized carbons (Fsp3) is 0.176. The molecule has 114 valence electrons. The van der Waals surface area contributed by atoms with Gasteiger partial charge in [0.2, 0.25) is 5.91 Å². The molecule has 0 unspecified atom stereocenters. The maximum absolute atomic E-state index is 13.8. The van der Waals surface area contributed by atoms with Crippen molar-refractivity contribution in [3.05, 3.63) is 59.4 Å². The van der Waals surface area contributed by atoms with E-state index in [0.29, 0.717) is 16.1 Å². The molecule has 0 saturated heterocycles. The van der Waals surface area contributed by atoms with Crippen molar-refractivity contribution in [2.24, 2.45) is 0 Å². The van der Waals surface area contributed by atoms with E-state index in [1.54, 1.807) is 6.07 Å². The van der Waals surface area contributed by atoms with Gasteiger partial charge in [0, 0.05) is 16.1 Å². The maximum atomic E-state index is 13.8. The maximum Gasteiger partial charge on any atom is 0.234 e. The molecule has 0 aliphatic carbocycles. The van der Waals surface area contributed by atoms with Gasteiger partial charge in [-0.2, -0.15) is 0 Å². The zero-order valence-electron chi connectivity index (χ0n) is 12.4. The van der Waals surface area contributed by atoms with Gasteiger partial charge in [-0.1, -0.05) is 23.8 Å². The van der Waals surface area contributed by atoms with Crippen molar-refractivity contribution in [2.75, 3.05) is 11.1 Å². The molecule has 0 atom stereocenters. The molecule has 0 radical (unpaired) electrons. The molecule has 2 rings (SSSR count). The van der Waals surface area contributed by atoms with Gasteiger partial charge in [-0.25, -0.2) is 4.39 Å². The van der Waals surface area contributed by atoms with Crippen molar-refractivity contribution in [1.29, 1.82) is 0 Å². The average Bonchev–Trinajstić information content (AvgIpc) is 2.48. The highest BCUT2D eigenvalue weighted by molar-refractivity contribution is 8.00. The minimum Gasteiger partial charge on any atom is -0.325 e. The molecule has 0 spiro atoms. The fourth-order valence-electron chi connectivity index (χ4n) is 1.81. The summed E-state index contributed by atoms with van der Waals surface area (Å²) in [6.45, 7) is 3.35. The van der Waals surface area contributed by atoms with Crippen LogP contribution in [0.1, 0.15) is 22.8 Å². The largest absolute Gasteiger partial charge is 0.325 e. The number of hydrogen-bond donors (Lipinski definition) is 1. The first-order chi connectivity index (χ1) is 10.5. The number of hydrogen-bond acceptors (Lipinski definition) is 3. The Labute approximate surface area is 132 Å². The Hall–Kier alpha value is -2.14. The molecule has 0 aliphatic heterocycles. The third-order valence-electron chi connectivity index (χ3n) is 3.03. The fourth-order valence-corrected chi connectivity index (χ4v) is 2.53. The molecule has 0 bridgehead atoms. The van der Waals surface area contributed by atoms with E-state index in [9.17, 15) is 14.0 Å². The van der Waals surface area contributed by atoms with Gasteiger partial charge >= 0.3 is 0 Å². The number of anilines is 1. The number of halogens is 1. The monoisotopic (exact) mass is 317 g/mol. The molecule has 0 aliphatic rings. The first-order valence-electron chi connectivity index (χ1n) is 6.75. The lowest BCUT2D eigenvalue weighted by atomic mass is 10.1. The number of aryl methyl sites for hydroxylation is 1. The van der Waals surface area contributed by atoms with Crippen LogP contribution in [0.25, 0.3) is 0 Å². The molecule has 1 amide bonds. The van der Waals surface area contributed by atoms with Crippen LogP contribution in [0.3, 0.4) is 0 Å². The van der Waals surface area contributed by atoms with Gasteiger partial charge in [-0.05, 0) is 38.1 Å². The summed E-state index contributed by atoms with van der Waals surface area (Å²) < 4.78 is 13.8. The quantitative estimate of drug-likeness (QED) is 0.668. The minimum atomic E-state index is -0.485. The number of ketones is 1. The van der Waals surface area contributed by atoms with Crippen LogP contribution in [0.2, 0.25) is 0 Å². The molecule has 2 aromatic carbocycles. The van der Waals surface area contributed by atoms with Crippen LogP contribution in [-0.4, -0.2) is 17.4 Å². The Morgan fingerprint density at radius 3 is 2.41 bits per heavy atom. The van der Waals surface area contributed by atoms with E-state index in [1.807, 2.05) is 31.2 Å². The summed E-state index contributed by atoms with van der Waals surface area (Å²) >= 11 is 1.10. The zero-order chi connectivity index (χ0) is 16.1. The first-order valence-corrected chi connectivity index (χ1v) is 7.74. The van der Waals surface area contributed by atoms with Crippen LogP contribution in [0.4, 0.5) is 10.1 Å². The van der Waals surface area contributed by atoms with Crippen LogP contribution in [0, 0.1) is 12.7 Å². The van der Waals surface area contributed by atoms with Gasteiger partial charge in [0.25, 0.3) is 0 Å². The highest BCUT2D eigenvalue weighted by Gasteiger charge is 2.09. The molecular weight excluding hydrogens is 301 g/mol. The lowest BCUT2D eigenvalue weighted by Crippen LogP contribution is -2.14. The predicted molar refractivity (Wildman–Crippen MR) is 86.9 cm³/mol. The molecule has 0 saturated carbocycles. The number of carbonyl (C=O) groups excluding carboxylic acids is 2. The summed E-state index contributed by atoms with van der Waals surface area (Å²) in [7, 11) is 0. The van der Waals surface area contributed by atoms with Crippen molar-refractivity contribution in [2.45, 2.75) is 18.7 Å². The SMILES string of the molecule is CC(=O)c1ccc(SCC(=O)Nc2ccc(C)cc2)c(F)c1. The normalized spacial score (nSPS) is 10.3. The van der Waals surface area contributed by atoms with Crippen molar-refractivity contribution in [3.8, 4) is 0 Å². The van der Waals surface area contributed by atoms with Crippen molar-refractivity contribution >= 4 is 29.1 Å². The second kappa shape index (κ2) is 7.22. The van der Waals surface area contributed by atoms with E-state index < -0.39 is 5.82 Å². The molecule has 0 heterocycles. The summed E-state index contributed by atoms with van der Waals surface area (Å²) in [6.07, 6.45) is 0. The Morgan fingerprint density at radius 1 is 1.14 bits per heavy atom. The van der Waals surface area contributed by atoms with E-state index in [4.69, 9.17) is 0 Å². The number of amides is 1. The summed E-state index contributed by atoms with van der Waals surface area (Å²) in [5, 5.41) is 2.75. The summed E-state index contributed by atoms with van der Waals surface area (Å²) in [4.78, 5) is 23.4. The van der Waals surface area contributed by atoms with Crippen LogP contribution < -0.4 is 5.32 Å². The number of benzene rings is 2. The van der Waals surface area contributed by atoms with E-state index >= 15 is 0 Å². The van der Waals surface area contributed by atoms with Gasteiger partial charge in [0.15, 0.2) is 5.78 Å². The lowest BCUT2D eigenvalue weighted by molar-refractivity contribution is -0.113.